The van der Waals surface area contributed by atoms with Crippen LogP contribution in [-0.2, 0) is 9.47 Å². The molecule has 1 aromatic heterocycles. The van der Waals surface area contributed by atoms with E-state index in [1.165, 1.54) is 6.42 Å². The number of hydrogen-bond donors (Lipinski definition) is 1. The van der Waals surface area contributed by atoms with E-state index in [1.54, 1.807) is 7.11 Å². The molecule has 0 spiro atoms. The first-order valence-corrected chi connectivity index (χ1v) is 9.05. The Balaban J connectivity index is 1.60. The fourth-order valence-electron chi connectivity index (χ4n) is 3.51. The Morgan fingerprint density at radius 1 is 1.32 bits per heavy atom. The normalized spacial score (nSPS) is 21.7. The average Bonchev–Trinajstić information content (AvgIpc) is 3.07. The molecule has 1 unspecified atom stereocenters. The monoisotopic (exact) mass is 350 g/mol. The van der Waals surface area contributed by atoms with Gasteiger partial charge in [-0.3, -0.25) is 0 Å². The number of hydrogen-bond acceptors (Lipinski definition) is 8. The number of aromatic nitrogens is 2. The highest BCUT2D eigenvalue weighted by atomic mass is 16.5. The number of nitrogens with zero attached hydrogens (tertiary/aromatic N) is 5. The Bertz CT molecular complexity index is 552. The highest BCUT2D eigenvalue weighted by Gasteiger charge is 2.24. The third-order valence-corrected chi connectivity index (χ3v) is 4.92. The Labute approximate surface area is 149 Å². The van der Waals surface area contributed by atoms with Gasteiger partial charge in [-0.05, 0) is 18.9 Å². The summed E-state index contributed by atoms with van der Waals surface area (Å²) in [5.41, 5.74) is 6.03. The summed E-state index contributed by atoms with van der Waals surface area (Å²) in [6.07, 6.45) is 1.21. The molecule has 2 saturated heterocycles. The van der Waals surface area contributed by atoms with Gasteiger partial charge in [0.25, 0.3) is 0 Å². The first kappa shape index (κ1) is 18.2. The summed E-state index contributed by atoms with van der Waals surface area (Å²) in [5, 5.41) is 0. The molecular weight excluding hydrogens is 320 g/mol. The Morgan fingerprint density at radius 3 is 2.88 bits per heavy atom. The number of ether oxygens (including phenoxy) is 2. The molecule has 3 heterocycles. The summed E-state index contributed by atoms with van der Waals surface area (Å²) in [5.74, 6) is 2.76. The van der Waals surface area contributed by atoms with Crippen molar-refractivity contribution in [3.63, 3.8) is 0 Å². The van der Waals surface area contributed by atoms with E-state index in [2.05, 4.69) is 26.7 Å². The zero-order chi connectivity index (χ0) is 17.6. The molecule has 0 saturated carbocycles. The van der Waals surface area contributed by atoms with Crippen LogP contribution < -0.4 is 15.5 Å². The van der Waals surface area contributed by atoms with Gasteiger partial charge in [0.2, 0.25) is 5.95 Å². The molecule has 0 radical (unpaired) electrons. The van der Waals surface area contributed by atoms with Crippen molar-refractivity contribution in [1.82, 2.24) is 14.9 Å². The number of morpholine rings is 1. The molecule has 1 aromatic rings. The van der Waals surface area contributed by atoms with Crippen LogP contribution in [0.15, 0.2) is 6.07 Å². The third kappa shape index (κ3) is 4.93. The maximum absolute atomic E-state index is 6.03. The summed E-state index contributed by atoms with van der Waals surface area (Å²) in [6, 6.07) is 1.86. The number of nitrogens with two attached hydrogens (primary N) is 1. The number of anilines is 3. The molecule has 140 valence electrons. The van der Waals surface area contributed by atoms with Gasteiger partial charge in [-0.2, -0.15) is 9.97 Å². The number of methoxy groups -OCH3 is 1. The van der Waals surface area contributed by atoms with Gasteiger partial charge in [0.15, 0.2) is 0 Å². The predicted molar refractivity (Wildman–Crippen MR) is 99.2 cm³/mol. The Morgan fingerprint density at radius 2 is 2.12 bits per heavy atom. The molecule has 0 aliphatic carbocycles. The average molecular weight is 350 g/mol. The van der Waals surface area contributed by atoms with E-state index in [0.29, 0.717) is 30.9 Å². The first-order chi connectivity index (χ1) is 12.2. The SMILES string of the molecule is COCCN1CCC(CN(C)c2cc(N)nc(N3CCOCC3)n2)C1. The zero-order valence-electron chi connectivity index (χ0n) is 15.4. The summed E-state index contributed by atoms with van der Waals surface area (Å²) in [7, 11) is 3.84. The lowest BCUT2D eigenvalue weighted by Crippen LogP contribution is -2.38. The van der Waals surface area contributed by atoms with Gasteiger partial charge >= 0.3 is 0 Å². The van der Waals surface area contributed by atoms with Gasteiger partial charge in [0.1, 0.15) is 11.6 Å². The second-order valence-corrected chi connectivity index (χ2v) is 6.88. The zero-order valence-corrected chi connectivity index (χ0v) is 15.4. The summed E-state index contributed by atoms with van der Waals surface area (Å²) < 4.78 is 10.6. The van der Waals surface area contributed by atoms with Crippen LogP contribution in [0.2, 0.25) is 0 Å². The van der Waals surface area contributed by atoms with Crippen molar-refractivity contribution in [3.8, 4) is 0 Å². The van der Waals surface area contributed by atoms with Crippen molar-refractivity contribution >= 4 is 17.6 Å². The van der Waals surface area contributed by atoms with E-state index in [9.17, 15) is 0 Å². The maximum atomic E-state index is 6.03. The molecule has 2 fully saturated rings. The second kappa shape index (κ2) is 8.64. The standard InChI is InChI=1S/C17H30N6O2/c1-21(12-14-3-4-22(13-14)5-8-24-2)16-11-15(18)19-17(20-16)23-6-9-25-10-7-23/h11,14H,3-10,12-13H2,1-2H3,(H2,18,19,20). The van der Waals surface area contributed by atoms with Crippen molar-refractivity contribution in [2.75, 3.05) is 88.8 Å². The molecule has 3 rings (SSSR count). The number of nitrogen functional groups attached to an aromatic ring is 1. The minimum absolute atomic E-state index is 0.520. The quantitative estimate of drug-likeness (QED) is 0.752. The fraction of sp³-hybridized carbons (Fsp3) is 0.765. The molecule has 8 nitrogen and oxygen atoms in total. The highest BCUT2D eigenvalue weighted by molar-refractivity contribution is 5.52. The Kier molecular flexibility index (Phi) is 6.28. The molecule has 25 heavy (non-hydrogen) atoms. The van der Waals surface area contributed by atoms with Gasteiger partial charge < -0.3 is 29.9 Å². The summed E-state index contributed by atoms with van der Waals surface area (Å²) in [4.78, 5) is 16.0. The van der Waals surface area contributed by atoms with Crippen molar-refractivity contribution < 1.29 is 9.47 Å². The van der Waals surface area contributed by atoms with Crippen LogP contribution in [0.4, 0.5) is 17.6 Å². The van der Waals surface area contributed by atoms with Crippen molar-refractivity contribution in [3.05, 3.63) is 6.07 Å². The highest BCUT2D eigenvalue weighted by Crippen LogP contribution is 2.22. The van der Waals surface area contributed by atoms with Crippen LogP contribution in [0.3, 0.4) is 0 Å². The molecule has 2 aliphatic heterocycles. The topological polar surface area (TPSA) is 80.0 Å². The molecule has 0 aromatic carbocycles. The molecule has 2 aliphatic rings. The first-order valence-electron chi connectivity index (χ1n) is 9.05. The Hall–Kier alpha value is -1.64. The van der Waals surface area contributed by atoms with Crippen LogP contribution >= 0.6 is 0 Å². The lowest BCUT2D eigenvalue weighted by Gasteiger charge is -2.28. The largest absolute Gasteiger partial charge is 0.383 e. The van der Waals surface area contributed by atoms with Crippen molar-refractivity contribution in [2.24, 2.45) is 5.92 Å². The minimum atomic E-state index is 0.520. The molecular formula is C17H30N6O2. The van der Waals surface area contributed by atoms with E-state index in [4.69, 9.17) is 20.2 Å². The van der Waals surface area contributed by atoms with Gasteiger partial charge in [-0.1, -0.05) is 0 Å². The van der Waals surface area contributed by atoms with Crippen LogP contribution in [0, 0.1) is 5.92 Å². The van der Waals surface area contributed by atoms with Crippen LogP contribution in [0.5, 0.6) is 0 Å². The maximum Gasteiger partial charge on any atom is 0.229 e. The van der Waals surface area contributed by atoms with Gasteiger partial charge in [0.05, 0.1) is 19.8 Å². The van der Waals surface area contributed by atoms with Crippen LogP contribution in [0.1, 0.15) is 6.42 Å². The second-order valence-electron chi connectivity index (χ2n) is 6.88. The van der Waals surface area contributed by atoms with E-state index in [0.717, 1.165) is 51.7 Å². The molecule has 0 bridgehead atoms. The van der Waals surface area contributed by atoms with E-state index in [1.807, 2.05) is 6.07 Å². The molecule has 8 heteroatoms. The van der Waals surface area contributed by atoms with Crippen LogP contribution in [0.25, 0.3) is 0 Å². The van der Waals surface area contributed by atoms with Crippen LogP contribution in [-0.4, -0.2) is 88.1 Å². The van der Waals surface area contributed by atoms with E-state index >= 15 is 0 Å². The lowest BCUT2D eigenvalue weighted by molar-refractivity contribution is 0.122. The minimum Gasteiger partial charge on any atom is -0.383 e. The smallest absolute Gasteiger partial charge is 0.229 e. The molecule has 0 amide bonds. The number of rotatable bonds is 7. The van der Waals surface area contributed by atoms with E-state index in [-0.39, 0.29) is 0 Å². The van der Waals surface area contributed by atoms with Crippen molar-refractivity contribution in [1.29, 1.82) is 0 Å². The van der Waals surface area contributed by atoms with Gasteiger partial charge in [-0.15, -0.1) is 0 Å². The van der Waals surface area contributed by atoms with Gasteiger partial charge in [-0.25, -0.2) is 0 Å². The van der Waals surface area contributed by atoms with Gasteiger partial charge in [0, 0.05) is 52.9 Å². The lowest BCUT2D eigenvalue weighted by atomic mass is 10.1. The fourth-order valence-corrected chi connectivity index (χ4v) is 3.51. The summed E-state index contributed by atoms with van der Waals surface area (Å²) >= 11 is 0. The molecule has 1 atom stereocenters. The molecule has 2 N–H and O–H groups in total. The predicted octanol–water partition coefficient (Wildman–Crippen LogP) is 0.300. The summed E-state index contributed by atoms with van der Waals surface area (Å²) in [6.45, 7) is 8.09. The third-order valence-electron chi connectivity index (χ3n) is 4.92. The van der Waals surface area contributed by atoms with Crippen molar-refractivity contribution in [2.45, 2.75) is 6.42 Å². The number of likely N-dealkylation sites (tertiary alicyclic amines) is 1. The van der Waals surface area contributed by atoms with E-state index < -0.39 is 0 Å².